The predicted octanol–water partition coefficient (Wildman–Crippen LogP) is 5.78. The second-order valence-corrected chi connectivity index (χ2v) is 13.1. The first-order chi connectivity index (χ1) is 25.9. The van der Waals surface area contributed by atoms with Crippen LogP contribution in [0, 0.1) is 5.92 Å². The molecule has 5 aromatic carbocycles. The highest BCUT2D eigenvalue weighted by Crippen LogP contribution is 2.36. The Bertz CT molecular complexity index is 2380. The number of nitrogens with zero attached hydrogens (tertiary/aromatic N) is 4. The second kappa shape index (κ2) is 14.3. The van der Waals surface area contributed by atoms with E-state index in [-0.39, 0.29) is 62.2 Å². The first kappa shape index (κ1) is 35.5. The van der Waals surface area contributed by atoms with Crippen molar-refractivity contribution in [3.8, 4) is 23.0 Å². The Hall–Kier alpha value is -6.90. The van der Waals surface area contributed by atoms with Gasteiger partial charge in [0.1, 0.15) is 34.5 Å². The zero-order valence-electron chi connectivity index (χ0n) is 27.9. The summed E-state index contributed by atoms with van der Waals surface area (Å²) < 4.78 is 0. The molecule has 2 aliphatic rings. The average Bonchev–Trinajstić information content (AvgIpc) is 3.12. The molecule has 7 rings (SSSR count). The molecule has 0 saturated carbocycles. The van der Waals surface area contributed by atoms with Gasteiger partial charge in [0.2, 0.25) is 11.8 Å². The van der Waals surface area contributed by atoms with Gasteiger partial charge in [0.25, 0.3) is 11.8 Å². The number of anilines is 4. The minimum Gasteiger partial charge on any atom is -0.508 e. The van der Waals surface area contributed by atoms with Crippen LogP contribution in [0.15, 0.2) is 127 Å². The highest BCUT2D eigenvalue weighted by molar-refractivity contribution is 7.81. The molecule has 0 spiro atoms. The van der Waals surface area contributed by atoms with Crippen LogP contribution in [0.5, 0.6) is 23.0 Å². The van der Waals surface area contributed by atoms with Crippen LogP contribution < -0.4 is 19.6 Å². The third kappa shape index (κ3) is 6.62. The molecule has 14 heteroatoms. The van der Waals surface area contributed by atoms with Gasteiger partial charge >= 0.3 is 0 Å². The quantitative estimate of drug-likeness (QED) is 0.0694. The number of thiocarbonyl (C=S) groups is 2. The number of carbonyl (C=O) groups excluding carboxylic acids is 4. The van der Waals surface area contributed by atoms with Crippen molar-refractivity contribution in [3.63, 3.8) is 0 Å². The molecule has 4 N–H and O–H groups in total. The standard InChI is InChI=1S/C40H28N4O8S2/c45-29-14-23(15-30(46)21-29)18-33-35(49)41(25-8-3-1-4-9-25)39(53)43(37(33)51)27-12-7-13-28(20-27)44-38(52)34(19-24-16-31(47)22-32(48)17-24)36(50)42(40(44)54)26-10-5-2-6-11-26/h1-18,20-22,34,45-48H,19H2. The summed E-state index contributed by atoms with van der Waals surface area (Å²) >= 11 is 11.6. The Kier molecular flexibility index (Phi) is 9.37. The number of benzene rings is 5. The van der Waals surface area contributed by atoms with E-state index in [2.05, 4.69) is 0 Å². The molecule has 5 aromatic rings. The first-order valence-electron chi connectivity index (χ1n) is 16.3. The van der Waals surface area contributed by atoms with Crippen molar-refractivity contribution in [2.75, 3.05) is 19.6 Å². The fourth-order valence-corrected chi connectivity index (χ4v) is 7.11. The molecular weight excluding hydrogens is 729 g/mol. The summed E-state index contributed by atoms with van der Waals surface area (Å²) in [6, 6.07) is 30.5. The molecule has 12 nitrogen and oxygen atoms in total. The van der Waals surface area contributed by atoms with E-state index in [0.29, 0.717) is 16.9 Å². The van der Waals surface area contributed by atoms with Gasteiger partial charge in [-0.2, -0.15) is 0 Å². The highest BCUT2D eigenvalue weighted by Gasteiger charge is 2.46. The van der Waals surface area contributed by atoms with E-state index in [0.717, 1.165) is 17.0 Å². The van der Waals surface area contributed by atoms with Gasteiger partial charge in [0, 0.05) is 12.1 Å². The molecule has 2 fully saturated rings. The first-order valence-corrected chi connectivity index (χ1v) is 17.1. The summed E-state index contributed by atoms with van der Waals surface area (Å²) in [5.74, 6) is -5.33. The molecule has 2 saturated heterocycles. The summed E-state index contributed by atoms with van der Waals surface area (Å²) in [5.41, 5.74) is 1.21. The molecule has 1 unspecified atom stereocenters. The molecule has 54 heavy (non-hydrogen) atoms. The van der Waals surface area contributed by atoms with Crippen LogP contribution in [0.3, 0.4) is 0 Å². The van der Waals surface area contributed by atoms with E-state index in [1.807, 2.05) is 0 Å². The van der Waals surface area contributed by atoms with Crippen molar-refractivity contribution < 1.29 is 39.6 Å². The third-order valence-corrected chi connectivity index (χ3v) is 9.41. The Morgan fingerprint density at radius 3 is 1.44 bits per heavy atom. The number of phenols is 4. The fourth-order valence-electron chi connectivity index (χ4n) is 6.34. The summed E-state index contributed by atoms with van der Waals surface area (Å²) in [7, 11) is 0. The molecule has 0 aromatic heterocycles. The van der Waals surface area contributed by atoms with Crippen LogP contribution in [0.1, 0.15) is 11.1 Å². The number of para-hydroxylation sites is 2. The maximum absolute atomic E-state index is 14.4. The van der Waals surface area contributed by atoms with E-state index in [9.17, 15) is 39.6 Å². The molecular formula is C40H28N4O8S2. The van der Waals surface area contributed by atoms with Gasteiger partial charge in [0.15, 0.2) is 10.2 Å². The van der Waals surface area contributed by atoms with Crippen LogP contribution in [0.2, 0.25) is 0 Å². The van der Waals surface area contributed by atoms with E-state index in [1.54, 1.807) is 78.9 Å². The van der Waals surface area contributed by atoms with Crippen LogP contribution in [-0.4, -0.2) is 54.3 Å². The molecule has 1 atom stereocenters. The lowest BCUT2D eigenvalue weighted by molar-refractivity contribution is -0.132. The summed E-state index contributed by atoms with van der Waals surface area (Å²) in [5, 5.41) is 40.1. The van der Waals surface area contributed by atoms with Gasteiger partial charge in [0.05, 0.1) is 22.7 Å². The summed E-state index contributed by atoms with van der Waals surface area (Å²) in [6.45, 7) is 0. The monoisotopic (exact) mass is 756 g/mol. The zero-order valence-corrected chi connectivity index (χ0v) is 29.6. The Labute approximate surface area is 318 Å². The number of amides is 4. The Morgan fingerprint density at radius 2 is 0.907 bits per heavy atom. The highest BCUT2D eigenvalue weighted by atomic mass is 32.1. The van der Waals surface area contributed by atoms with Crippen molar-refractivity contribution in [3.05, 3.63) is 138 Å². The number of hydrogen-bond acceptors (Lipinski definition) is 10. The largest absolute Gasteiger partial charge is 0.508 e. The normalized spacial score (nSPS) is 17.2. The number of aromatic hydroxyl groups is 4. The Balaban J connectivity index is 1.33. The van der Waals surface area contributed by atoms with Crippen molar-refractivity contribution >= 4 is 87.1 Å². The van der Waals surface area contributed by atoms with Crippen LogP contribution >= 0.6 is 24.4 Å². The van der Waals surface area contributed by atoms with Gasteiger partial charge < -0.3 is 20.4 Å². The number of hydrogen-bond donors (Lipinski definition) is 4. The predicted molar refractivity (Wildman–Crippen MR) is 209 cm³/mol. The van der Waals surface area contributed by atoms with Gasteiger partial charge in [-0.15, -0.1) is 0 Å². The molecule has 0 radical (unpaired) electrons. The van der Waals surface area contributed by atoms with Crippen molar-refractivity contribution in [1.29, 1.82) is 0 Å². The summed E-state index contributed by atoms with van der Waals surface area (Å²) in [4.78, 5) is 61.4. The molecule has 0 bridgehead atoms. The van der Waals surface area contributed by atoms with E-state index in [1.165, 1.54) is 51.1 Å². The number of carbonyl (C=O) groups is 4. The summed E-state index contributed by atoms with van der Waals surface area (Å²) in [6.07, 6.45) is 1.04. The van der Waals surface area contributed by atoms with Gasteiger partial charge in [-0.1, -0.05) is 42.5 Å². The maximum atomic E-state index is 14.4. The fraction of sp³-hybridized carbons (Fsp3) is 0.0500. The van der Waals surface area contributed by atoms with Crippen LogP contribution in [0.25, 0.3) is 6.08 Å². The smallest absolute Gasteiger partial charge is 0.270 e. The third-order valence-electron chi connectivity index (χ3n) is 8.68. The topological polar surface area (TPSA) is 162 Å². The van der Waals surface area contributed by atoms with Gasteiger partial charge in [-0.25, -0.2) is 0 Å². The maximum Gasteiger partial charge on any atom is 0.270 e. The molecule has 2 heterocycles. The average molecular weight is 757 g/mol. The zero-order chi connectivity index (χ0) is 38.3. The molecule has 4 amide bonds. The number of phenolic OH excluding ortho intramolecular Hbond substituents is 4. The van der Waals surface area contributed by atoms with Crippen LogP contribution in [-0.2, 0) is 25.6 Å². The molecule has 268 valence electrons. The van der Waals surface area contributed by atoms with E-state index >= 15 is 0 Å². The van der Waals surface area contributed by atoms with E-state index < -0.39 is 29.5 Å². The Morgan fingerprint density at radius 1 is 0.500 bits per heavy atom. The lowest BCUT2D eigenvalue weighted by Crippen LogP contribution is -2.61. The molecule has 0 aliphatic carbocycles. The molecule has 2 aliphatic heterocycles. The lowest BCUT2D eigenvalue weighted by atomic mass is 9.93. The van der Waals surface area contributed by atoms with E-state index in [4.69, 9.17) is 24.4 Å². The van der Waals surface area contributed by atoms with Crippen molar-refractivity contribution in [1.82, 2.24) is 0 Å². The van der Waals surface area contributed by atoms with Crippen molar-refractivity contribution in [2.24, 2.45) is 5.92 Å². The van der Waals surface area contributed by atoms with Gasteiger partial charge in [-0.3, -0.25) is 38.8 Å². The van der Waals surface area contributed by atoms with Crippen molar-refractivity contribution in [2.45, 2.75) is 6.42 Å². The van der Waals surface area contributed by atoms with Gasteiger partial charge in [-0.05, 0) is 115 Å². The number of rotatable bonds is 7. The lowest BCUT2D eigenvalue weighted by Gasteiger charge is -2.40. The minimum absolute atomic E-state index is 0.147. The second-order valence-electron chi connectivity index (χ2n) is 12.3. The SMILES string of the molecule is O=C1C(=Cc2cc(O)cc(O)c2)C(=O)N(c2cccc(N3C(=O)C(Cc4cc(O)cc(O)c4)C(=O)N(c4ccccc4)C3=S)c2)C(=S)N1c1ccccc1. The minimum atomic E-state index is -1.35. The van der Waals surface area contributed by atoms with Crippen LogP contribution in [0.4, 0.5) is 22.7 Å².